The monoisotopic (exact) mass is 2890 g/mol. The molecular formula is C52H60Br3F21I9N11O11V2-. The summed E-state index contributed by atoms with van der Waals surface area (Å²) < 4.78 is 283. The van der Waals surface area contributed by atoms with Crippen LogP contribution in [0.4, 0.5) is 97.9 Å². The van der Waals surface area contributed by atoms with Crippen LogP contribution in [0.5, 0.6) is 23.5 Å². The number of hydrogen-bond acceptors (Lipinski definition) is 20. The van der Waals surface area contributed by atoms with Crippen molar-refractivity contribution in [1.82, 2.24) is 40.8 Å². The van der Waals surface area contributed by atoms with Crippen molar-refractivity contribution in [2.75, 3.05) is 92.0 Å². The summed E-state index contributed by atoms with van der Waals surface area (Å²) in [4.78, 5) is 56.8. The number of esters is 1. The van der Waals surface area contributed by atoms with Crippen LogP contribution in [-0.2, 0) is 43.8 Å². The van der Waals surface area contributed by atoms with Crippen molar-refractivity contribution in [3.05, 3.63) is 83.2 Å². The molecule has 22 nitrogen and oxygen atoms in total. The molecule has 4 aromatic rings. The normalized spacial score (nSPS) is 14.3. The molecule has 3 atom stereocenters. The number of aliphatic imine (C=N–C) groups is 1. The zero-order chi connectivity index (χ0) is 86.6. The standard InChI is InChI=1S/C12H11BrF6N2O3.C12H13F6N3O3.C9H7BrF3NO3.C7H5BrF3NO.C7H13N3.C4H8F3NO.CH3I.I3.5HI.2V/c1-10(23,12(17,18)19)4-20-8(22)7-6(13)3-5(11(14,15)16)9(21-7)24-2;1-10(23,12(16,17)18)4-20-8(22)7-6(19)3-5(11(13,14)15)9(21-7)24-2;1-16-7-4(9(11,12)13)3-5(10)6(14-7)8(15)17-2;1-13-6-5(7(9,10)11)2-4(8)3-12-6;1-3-8-7-9-4-2-6-10(7)5-1;1-3(9,2-8)4(5,6)7;1-2;1-3-2;;;;;;;/h3,23H,4H2,1-2H3,(H,20,22);3,23H,4,19H2,1-2H3,(H,20,22);3H,1-2H3;2-3H,1H3;1-6H2,(H,8,9);9H,2,8H2,1H3;1H3;;5*1H;;/q;;;;;;;-1;;;;;;+2;+3/p-5/t2*10-;;;;3-;;;;;;;;;/m00...0........./s1. The fraction of sp³-hybridized carbons (Fsp3) is 0.538. The maximum absolute atomic E-state index is 12.8. The fourth-order valence-electron chi connectivity index (χ4n) is 6.40. The van der Waals surface area contributed by atoms with Gasteiger partial charge in [-0.2, -0.15) is 92.2 Å². The van der Waals surface area contributed by atoms with Crippen molar-refractivity contribution in [2.45, 2.75) is 93.7 Å². The van der Waals surface area contributed by atoms with E-state index in [0.29, 0.717) is 55.6 Å². The summed E-state index contributed by atoms with van der Waals surface area (Å²) in [6, 6.07) is 2.54. The predicted molar refractivity (Wildman–Crippen MR) is 425 cm³/mol. The van der Waals surface area contributed by atoms with Gasteiger partial charge in [0.15, 0.2) is 34.2 Å². The topological polar surface area (TPSA) is 313 Å². The van der Waals surface area contributed by atoms with E-state index in [1.807, 2.05) is 4.93 Å². The molecule has 6 heterocycles. The van der Waals surface area contributed by atoms with Crippen molar-refractivity contribution >= 4 is 237 Å². The first-order valence-corrected chi connectivity index (χ1v) is 67.2. The van der Waals surface area contributed by atoms with Crippen LogP contribution in [-0.4, -0.2) is 186 Å². The third-order valence-corrected chi connectivity index (χ3v) is 13.6. The number of anilines is 1. The second-order valence-corrected chi connectivity index (χ2v) is 86.0. The van der Waals surface area contributed by atoms with Gasteiger partial charge < -0.3 is 71.3 Å². The quantitative estimate of drug-likeness (QED) is 0.0283. The van der Waals surface area contributed by atoms with E-state index in [2.05, 4.69) is 272 Å². The Morgan fingerprint density at radius 2 is 0.908 bits per heavy atom. The van der Waals surface area contributed by atoms with Gasteiger partial charge in [-0.1, -0.05) is 22.6 Å². The molecule has 2 amide bonds. The van der Waals surface area contributed by atoms with Gasteiger partial charge in [0.05, 0.1) is 58.8 Å². The number of methoxy groups -OCH3 is 5. The molecule has 57 heteroatoms. The SMILES string of the molecule is C1CN=C2NCCCN2C1.CI.COC(=O)c1nc(OC)c(C(F)(F)F)cc1Br.COc1nc(C(=O)NC[C@](C)(O)C(F)(F)F)c(Br)cc1C(F)(F)F.COc1nc(C(=O)NC[C@](C)(O)C(F)(F)F)c(N)cc1C(F)(F)F.COc1ncc(Br)cc1C(F)(F)F.C[C@](O)(CN)C(F)(F)F.I[I-]I.[I][V]([I])[I].[I][V][I]. The molecule has 4 aromatic heterocycles. The molecule has 6 rings (SSSR count). The number of nitrogens with one attached hydrogen (secondary N) is 3. The fourth-order valence-corrected chi connectivity index (χ4v) is 7.71. The van der Waals surface area contributed by atoms with E-state index in [1.54, 1.807) is 10.6 Å². The number of amides is 2. The Kier molecular flexibility index (Phi) is 57.7. The molecule has 1 fully saturated rings. The first-order valence-electron chi connectivity index (χ1n) is 27.5. The van der Waals surface area contributed by atoms with E-state index < -0.39 is 165 Å². The number of fused-ring (bicyclic) bond motifs is 1. The van der Waals surface area contributed by atoms with Crippen LogP contribution in [0.1, 0.15) is 87.3 Å². The number of carbonyl (C=O) groups excluding carboxylic acids is 3. The van der Waals surface area contributed by atoms with E-state index >= 15 is 0 Å². The van der Waals surface area contributed by atoms with Crippen molar-refractivity contribution in [3.8, 4) is 23.5 Å². The molecule has 109 heavy (non-hydrogen) atoms. The Bertz CT molecular complexity index is 3350. The number of hydrogen-bond donors (Lipinski definition) is 8. The summed E-state index contributed by atoms with van der Waals surface area (Å²) in [5.41, 5.74) is -6.23. The molecule has 0 aromatic carbocycles. The zero-order valence-corrected chi connectivity index (χ0v) is 83.0. The summed E-state index contributed by atoms with van der Waals surface area (Å²) in [6.45, 7) is 2.72. The molecular weight excluding hydrogens is 2840 g/mol. The maximum atomic E-state index is 12.8. The summed E-state index contributed by atoms with van der Waals surface area (Å²) in [5.74, 6) is -5.23. The van der Waals surface area contributed by atoms with E-state index in [1.165, 1.54) is 32.1 Å². The van der Waals surface area contributed by atoms with Crippen LogP contribution < -0.4 is 59.6 Å². The number of guanidine groups is 1. The predicted octanol–water partition coefficient (Wildman–Crippen LogP) is 14.7. The third-order valence-electron chi connectivity index (χ3n) is 12.0. The molecule has 0 radical (unpaired) electrons. The number of nitrogens with two attached hydrogens (primary N) is 2. The van der Waals surface area contributed by atoms with Crippen LogP contribution in [0.2, 0.25) is 0 Å². The Morgan fingerprint density at radius 3 is 1.23 bits per heavy atom. The summed E-state index contributed by atoms with van der Waals surface area (Å²) in [6.07, 6.45) is -29.7. The van der Waals surface area contributed by atoms with Gasteiger partial charge in [0.1, 0.15) is 27.9 Å². The summed E-state index contributed by atoms with van der Waals surface area (Å²) in [7, 11) is 5.66. The van der Waals surface area contributed by atoms with Crippen molar-refractivity contribution < 1.29 is 173 Å². The Labute approximate surface area is 743 Å². The van der Waals surface area contributed by atoms with Gasteiger partial charge in [-0.3, -0.25) is 14.6 Å². The number of carbonyl (C=O) groups is 3. The average Bonchev–Trinajstić information content (AvgIpc) is 0.782. The van der Waals surface area contributed by atoms with E-state index in [9.17, 15) is 117 Å². The minimum absolute atomic E-state index is 0.113. The molecule has 2 aliphatic heterocycles. The molecule has 0 aliphatic carbocycles. The van der Waals surface area contributed by atoms with Gasteiger partial charge in [0.2, 0.25) is 23.5 Å². The number of pyridine rings is 4. The molecule has 631 valence electrons. The van der Waals surface area contributed by atoms with Crippen molar-refractivity contribution in [1.29, 1.82) is 0 Å². The van der Waals surface area contributed by atoms with Gasteiger partial charge in [-0.15, -0.1) is 0 Å². The molecule has 10 N–H and O–H groups in total. The Balaban J connectivity index is -0.000000605. The van der Waals surface area contributed by atoms with E-state index in [0.717, 1.165) is 66.7 Å². The zero-order valence-electron chi connectivity index (χ0n) is 56.1. The van der Waals surface area contributed by atoms with Gasteiger partial charge in [-0.05, 0) is 111 Å². The molecule has 2 aliphatic rings. The van der Waals surface area contributed by atoms with Gasteiger partial charge in [0, 0.05) is 47.9 Å². The van der Waals surface area contributed by atoms with E-state index in [4.69, 9.17) is 10.8 Å². The van der Waals surface area contributed by atoms with Crippen LogP contribution in [0, 0.1) is 0 Å². The minimum atomic E-state index is -5.03. The van der Waals surface area contributed by atoms with Gasteiger partial charge in [-0.25, -0.2) is 24.7 Å². The average molecular weight is 2900 g/mol. The van der Waals surface area contributed by atoms with Crippen LogP contribution in [0.25, 0.3) is 0 Å². The van der Waals surface area contributed by atoms with Crippen LogP contribution in [0.3, 0.4) is 0 Å². The molecule has 0 bridgehead atoms. The number of rotatable bonds is 12. The summed E-state index contributed by atoms with van der Waals surface area (Å²) >= 11 is 28.0. The van der Waals surface area contributed by atoms with Gasteiger partial charge >= 0.3 is 214 Å². The molecule has 1 saturated heterocycles. The number of alkyl halides is 22. The summed E-state index contributed by atoms with van der Waals surface area (Å²) in [5, 5.41) is 33.6. The van der Waals surface area contributed by atoms with Crippen molar-refractivity contribution in [3.63, 3.8) is 0 Å². The second kappa shape index (κ2) is 54.2. The number of ether oxygens (including phenoxy) is 5. The number of nitrogen functional groups attached to an aromatic ring is 1. The molecule has 0 spiro atoms. The van der Waals surface area contributed by atoms with E-state index in [-0.39, 0.29) is 19.6 Å². The van der Waals surface area contributed by atoms with Gasteiger partial charge in [0.25, 0.3) is 11.8 Å². The molecule has 0 unspecified atom stereocenters. The Hall–Kier alpha value is 0.829. The Morgan fingerprint density at radius 1 is 0.587 bits per heavy atom. The van der Waals surface area contributed by atoms with Crippen LogP contribution in [0.15, 0.2) is 48.9 Å². The van der Waals surface area contributed by atoms with Crippen molar-refractivity contribution in [2.24, 2.45) is 10.7 Å². The number of halogens is 33. The number of nitrogens with zero attached hydrogens (tertiary/aromatic N) is 6. The number of aliphatic hydroxyl groups is 3. The number of aromatic nitrogens is 4. The third kappa shape index (κ3) is 44.1. The first kappa shape index (κ1) is 116. The molecule has 0 saturated carbocycles. The first-order chi connectivity index (χ1) is 49.5. The second-order valence-electron chi connectivity index (χ2n) is 19.9. The van der Waals surface area contributed by atoms with Crippen LogP contribution >= 0.6 is 208 Å².